The molecule has 0 spiro atoms. The second kappa shape index (κ2) is 6.12. The maximum atomic E-state index is 5.34. The van der Waals surface area contributed by atoms with Gasteiger partial charge in [0.1, 0.15) is 15.8 Å². The summed E-state index contributed by atoms with van der Waals surface area (Å²) < 4.78 is 5.34. The van der Waals surface area contributed by atoms with E-state index in [4.69, 9.17) is 4.74 Å². The number of nitrogens with one attached hydrogen (secondary N) is 1. The van der Waals surface area contributed by atoms with E-state index in [1.807, 2.05) is 19.1 Å². The SMILES string of the molecule is CCNC(C)c1nnc(-c2ccc(C)c(OC)c2)s1. The van der Waals surface area contributed by atoms with Crippen molar-refractivity contribution >= 4 is 11.3 Å². The molecule has 102 valence electrons. The largest absolute Gasteiger partial charge is 0.496 e. The molecule has 19 heavy (non-hydrogen) atoms. The summed E-state index contributed by atoms with van der Waals surface area (Å²) in [6.45, 7) is 7.14. The van der Waals surface area contributed by atoms with Crippen molar-refractivity contribution in [1.82, 2.24) is 15.5 Å². The zero-order valence-corrected chi connectivity index (χ0v) is 12.5. The lowest BCUT2D eigenvalue weighted by Gasteiger charge is -2.07. The summed E-state index contributed by atoms with van der Waals surface area (Å²) >= 11 is 1.62. The predicted octanol–water partition coefficient (Wildman–Crippen LogP) is 3.19. The Balaban J connectivity index is 2.27. The maximum Gasteiger partial charge on any atom is 0.147 e. The number of ether oxygens (including phenoxy) is 1. The Hall–Kier alpha value is -1.46. The molecular weight excluding hydrogens is 258 g/mol. The smallest absolute Gasteiger partial charge is 0.147 e. The van der Waals surface area contributed by atoms with Crippen molar-refractivity contribution in [2.24, 2.45) is 0 Å². The molecule has 0 aliphatic heterocycles. The topological polar surface area (TPSA) is 47.0 Å². The van der Waals surface area contributed by atoms with Gasteiger partial charge < -0.3 is 10.1 Å². The van der Waals surface area contributed by atoms with Crippen molar-refractivity contribution < 1.29 is 4.74 Å². The van der Waals surface area contributed by atoms with E-state index >= 15 is 0 Å². The lowest BCUT2D eigenvalue weighted by Crippen LogP contribution is -2.17. The minimum atomic E-state index is 0.239. The van der Waals surface area contributed by atoms with Crippen molar-refractivity contribution in [1.29, 1.82) is 0 Å². The van der Waals surface area contributed by atoms with Crippen LogP contribution in [-0.2, 0) is 0 Å². The molecule has 0 saturated carbocycles. The number of aromatic nitrogens is 2. The second-order valence-corrected chi connectivity index (χ2v) is 5.42. The van der Waals surface area contributed by atoms with Gasteiger partial charge in [0, 0.05) is 5.56 Å². The Kier molecular flexibility index (Phi) is 4.50. The molecule has 1 unspecified atom stereocenters. The molecule has 1 aromatic carbocycles. The zero-order valence-electron chi connectivity index (χ0n) is 11.7. The summed E-state index contributed by atoms with van der Waals surface area (Å²) in [6.07, 6.45) is 0. The second-order valence-electron chi connectivity index (χ2n) is 4.41. The van der Waals surface area contributed by atoms with E-state index in [-0.39, 0.29) is 6.04 Å². The van der Waals surface area contributed by atoms with Gasteiger partial charge in [0.15, 0.2) is 0 Å². The fourth-order valence-electron chi connectivity index (χ4n) is 1.87. The molecule has 1 atom stereocenters. The molecule has 0 saturated heterocycles. The summed E-state index contributed by atoms with van der Waals surface area (Å²) in [5.41, 5.74) is 2.17. The summed E-state index contributed by atoms with van der Waals surface area (Å²) in [5, 5.41) is 13.8. The average molecular weight is 277 g/mol. The fraction of sp³-hybridized carbons (Fsp3) is 0.429. The number of methoxy groups -OCH3 is 1. The highest BCUT2D eigenvalue weighted by molar-refractivity contribution is 7.14. The van der Waals surface area contributed by atoms with Crippen LogP contribution in [0.5, 0.6) is 5.75 Å². The Labute approximate surface area is 117 Å². The Bertz CT molecular complexity index is 553. The molecule has 5 heteroatoms. The standard InChI is InChI=1S/C14H19N3OS/c1-5-15-10(3)13-16-17-14(19-13)11-7-6-9(2)12(8-11)18-4/h6-8,10,15H,5H2,1-4H3. The van der Waals surface area contributed by atoms with Crippen LogP contribution in [0.4, 0.5) is 0 Å². The van der Waals surface area contributed by atoms with Gasteiger partial charge in [0.2, 0.25) is 0 Å². The van der Waals surface area contributed by atoms with E-state index in [0.29, 0.717) is 0 Å². The number of aryl methyl sites for hydroxylation is 1. The third-order valence-corrected chi connectivity index (χ3v) is 4.13. The summed E-state index contributed by atoms with van der Waals surface area (Å²) in [5.74, 6) is 0.883. The molecule has 2 aromatic rings. The number of benzene rings is 1. The lowest BCUT2D eigenvalue weighted by molar-refractivity contribution is 0.412. The van der Waals surface area contributed by atoms with Crippen molar-refractivity contribution in [2.45, 2.75) is 26.8 Å². The van der Waals surface area contributed by atoms with Gasteiger partial charge in [0.05, 0.1) is 13.2 Å². The molecule has 2 rings (SSSR count). The van der Waals surface area contributed by atoms with Gasteiger partial charge in [0.25, 0.3) is 0 Å². The van der Waals surface area contributed by atoms with Gasteiger partial charge in [-0.05, 0) is 32.0 Å². The lowest BCUT2D eigenvalue weighted by atomic mass is 10.1. The van der Waals surface area contributed by atoms with Crippen molar-refractivity contribution in [3.63, 3.8) is 0 Å². The van der Waals surface area contributed by atoms with E-state index in [1.54, 1.807) is 18.4 Å². The van der Waals surface area contributed by atoms with Crippen LogP contribution < -0.4 is 10.1 Å². The first kappa shape index (κ1) is 14.0. The van der Waals surface area contributed by atoms with Gasteiger partial charge >= 0.3 is 0 Å². The molecule has 0 radical (unpaired) electrons. The minimum absolute atomic E-state index is 0.239. The van der Waals surface area contributed by atoms with Crippen molar-refractivity contribution in [3.8, 4) is 16.3 Å². The molecule has 0 amide bonds. The van der Waals surface area contributed by atoms with E-state index < -0.39 is 0 Å². The normalized spacial score (nSPS) is 12.4. The van der Waals surface area contributed by atoms with Crippen molar-refractivity contribution in [3.05, 3.63) is 28.8 Å². The van der Waals surface area contributed by atoms with Crippen LogP contribution in [0.25, 0.3) is 10.6 Å². The molecule has 4 nitrogen and oxygen atoms in total. The van der Waals surface area contributed by atoms with Gasteiger partial charge in [-0.25, -0.2) is 0 Å². The van der Waals surface area contributed by atoms with Crippen LogP contribution in [-0.4, -0.2) is 23.9 Å². The maximum absolute atomic E-state index is 5.34. The Morgan fingerprint density at radius 1 is 1.37 bits per heavy atom. The minimum Gasteiger partial charge on any atom is -0.496 e. The number of hydrogen-bond acceptors (Lipinski definition) is 5. The first-order valence-electron chi connectivity index (χ1n) is 6.37. The van der Waals surface area contributed by atoms with Gasteiger partial charge in [-0.15, -0.1) is 10.2 Å². The molecule has 1 aromatic heterocycles. The molecule has 0 aliphatic rings. The molecule has 0 bridgehead atoms. The summed E-state index contributed by atoms with van der Waals surface area (Å²) in [6, 6.07) is 6.35. The number of nitrogens with zero attached hydrogens (tertiary/aromatic N) is 2. The first-order chi connectivity index (χ1) is 9.15. The monoisotopic (exact) mass is 277 g/mol. The van der Waals surface area contributed by atoms with E-state index in [0.717, 1.165) is 33.4 Å². The van der Waals surface area contributed by atoms with Crippen LogP contribution in [0, 0.1) is 6.92 Å². The van der Waals surface area contributed by atoms with Gasteiger partial charge in [-0.3, -0.25) is 0 Å². The van der Waals surface area contributed by atoms with Crippen molar-refractivity contribution in [2.75, 3.05) is 13.7 Å². The highest BCUT2D eigenvalue weighted by Gasteiger charge is 2.13. The Morgan fingerprint density at radius 2 is 2.16 bits per heavy atom. The highest BCUT2D eigenvalue weighted by atomic mass is 32.1. The molecule has 0 fully saturated rings. The van der Waals surface area contributed by atoms with E-state index in [1.165, 1.54) is 0 Å². The number of hydrogen-bond donors (Lipinski definition) is 1. The average Bonchev–Trinajstić information content (AvgIpc) is 2.89. The predicted molar refractivity (Wildman–Crippen MR) is 78.7 cm³/mol. The van der Waals surface area contributed by atoms with Crippen LogP contribution in [0.3, 0.4) is 0 Å². The fourth-order valence-corrected chi connectivity index (χ4v) is 2.74. The number of rotatable bonds is 5. The summed E-state index contributed by atoms with van der Waals surface area (Å²) in [7, 11) is 1.69. The van der Waals surface area contributed by atoms with Crippen LogP contribution >= 0.6 is 11.3 Å². The third kappa shape index (κ3) is 3.11. The molecule has 0 aliphatic carbocycles. The first-order valence-corrected chi connectivity index (χ1v) is 7.19. The highest BCUT2D eigenvalue weighted by Crippen LogP contribution is 2.30. The summed E-state index contributed by atoms with van der Waals surface area (Å²) in [4.78, 5) is 0. The van der Waals surface area contributed by atoms with Crippen LogP contribution in [0.2, 0.25) is 0 Å². The van der Waals surface area contributed by atoms with Gasteiger partial charge in [-0.1, -0.05) is 30.4 Å². The Morgan fingerprint density at radius 3 is 2.84 bits per heavy atom. The molecule has 1 N–H and O–H groups in total. The van der Waals surface area contributed by atoms with Crippen LogP contribution in [0.15, 0.2) is 18.2 Å². The molecular formula is C14H19N3OS. The van der Waals surface area contributed by atoms with Gasteiger partial charge in [-0.2, -0.15) is 0 Å². The molecule has 1 heterocycles. The zero-order chi connectivity index (χ0) is 13.8. The van der Waals surface area contributed by atoms with Crippen LogP contribution in [0.1, 0.15) is 30.5 Å². The third-order valence-electron chi connectivity index (χ3n) is 2.98. The van der Waals surface area contributed by atoms with E-state index in [2.05, 4.69) is 35.4 Å². The quantitative estimate of drug-likeness (QED) is 0.911. The van der Waals surface area contributed by atoms with E-state index in [9.17, 15) is 0 Å².